The van der Waals surface area contributed by atoms with E-state index in [1.165, 1.54) is 10.9 Å². The molecule has 0 bridgehead atoms. The molecule has 0 aliphatic carbocycles. The number of rotatable bonds is 3. The van der Waals surface area contributed by atoms with Gasteiger partial charge >= 0.3 is 12.1 Å². The van der Waals surface area contributed by atoms with Crippen LogP contribution in [-0.2, 0) is 19.6 Å². The molecular weight excluding hydrogens is 279 g/mol. The van der Waals surface area contributed by atoms with E-state index in [-0.39, 0.29) is 5.56 Å². The van der Waals surface area contributed by atoms with Crippen LogP contribution < -0.4 is 0 Å². The van der Waals surface area contributed by atoms with Crippen molar-refractivity contribution in [2.24, 2.45) is 7.05 Å². The van der Waals surface area contributed by atoms with E-state index < -0.39 is 29.5 Å². The van der Waals surface area contributed by atoms with Crippen LogP contribution in [0.15, 0.2) is 10.6 Å². The first-order chi connectivity index (χ1) is 9.24. The molecule has 0 aromatic carbocycles. The molecule has 6 nitrogen and oxygen atoms in total. The number of hydrogen-bond donors (Lipinski definition) is 1. The lowest BCUT2D eigenvalue weighted by molar-refractivity contribution is -0.141. The Morgan fingerprint density at radius 3 is 2.60 bits per heavy atom. The van der Waals surface area contributed by atoms with Crippen molar-refractivity contribution in [2.45, 2.75) is 19.5 Å². The van der Waals surface area contributed by atoms with E-state index in [9.17, 15) is 18.0 Å². The van der Waals surface area contributed by atoms with Gasteiger partial charge in [-0.1, -0.05) is 6.92 Å². The summed E-state index contributed by atoms with van der Waals surface area (Å²) < 4.78 is 44.3. The third kappa shape index (κ3) is 2.38. The molecule has 2 heterocycles. The van der Waals surface area contributed by atoms with Crippen LogP contribution in [0.3, 0.4) is 0 Å². The number of alkyl halides is 3. The van der Waals surface area contributed by atoms with Crippen LogP contribution in [0.5, 0.6) is 0 Å². The van der Waals surface area contributed by atoms with Gasteiger partial charge in [0.25, 0.3) is 0 Å². The van der Waals surface area contributed by atoms with Gasteiger partial charge in [0.15, 0.2) is 5.69 Å². The fraction of sp³-hybridized carbons (Fsp3) is 0.364. The number of aromatic nitrogens is 3. The molecule has 2 aromatic heterocycles. The normalized spacial score (nSPS) is 11.8. The molecule has 0 saturated carbocycles. The zero-order valence-corrected chi connectivity index (χ0v) is 10.5. The molecule has 9 heteroatoms. The summed E-state index contributed by atoms with van der Waals surface area (Å²) in [7, 11) is 1.59. The maximum atomic E-state index is 12.7. The van der Waals surface area contributed by atoms with Crippen molar-refractivity contribution in [2.75, 3.05) is 0 Å². The third-order valence-corrected chi connectivity index (χ3v) is 2.56. The number of carbonyl (C=O) groups is 1. The second-order valence-corrected chi connectivity index (χ2v) is 4.02. The first kappa shape index (κ1) is 14.1. The number of oxazole rings is 1. The highest BCUT2D eigenvalue weighted by atomic mass is 19.4. The molecule has 2 rings (SSSR count). The summed E-state index contributed by atoms with van der Waals surface area (Å²) >= 11 is 0. The molecule has 20 heavy (non-hydrogen) atoms. The molecule has 2 aromatic rings. The SMILES string of the molecule is CCc1nn(C)cc1-c1nc(C(F)(F)F)c(C(=O)O)o1. The molecule has 0 spiro atoms. The number of carboxylic acids is 1. The predicted molar refractivity (Wildman–Crippen MR) is 60.0 cm³/mol. The van der Waals surface area contributed by atoms with Crippen LogP contribution in [-0.4, -0.2) is 25.8 Å². The van der Waals surface area contributed by atoms with Crippen LogP contribution in [0.1, 0.15) is 28.9 Å². The lowest BCUT2D eigenvalue weighted by atomic mass is 10.2. The Bertz CT molecular complexity index is 658. The highest BCUT2D eigenvalue weighted by molar-refractivity contribution is 5.86. The average molecular weight is 289 g/mol. The summed E-state index contributed by atoms with van der Waals surface area (Å²) in [5.41, 5.74) is -0.835. The average Bonchev–Trinajstić information content (AvgIpc) is 2.90. The van der Waals surface area contributed by atoms with E-state index in [2.05, 4.69) is 10.1 Å². The quantitative estimate of drug-likeness (QED) is 0.938. The molecule has 0 fully saturated rings. The Labute approximate surface area is 110 Å². The molecule has 0 aliphatic rings. The van der Waals surface area contributed by atoms with Crippen LogP contribution in [0, 0.1) is 0 Å². The van der Waals surface area contributed by atoms with E-state index in [0.717, 1.165) is 0 Å². The van der Waals surface area contributed by atoms with Gasteiger partial charge in [0.2, 0.25) is 11.7 Å². The summed E-state index contributed by atoms with van der Waals surface area (Å²) in [4.78, 5) is 14.1. The van der Waals surface area contributed by atoms with Gasteiger partial charge in [-0.05, 0) is 6.42 Å². The molecule has 0 saturated heterocycles. The largest absolute Gasteiger partial charge is 0.475 e. The predicted octanol–water partition coefficient (Wildman–Crippen LogP) is 2.35. The van der Waals surface area contributed by atoms with E-state index in [1.807, 2.05) is 0 Å². The van der Waals surface area contributed by atoms with E-state index >= 15 is 0 Å². The van der Waals surface area contributed by atoms with Crippen LogP contribution in [0.2, 0.25) is 0 Å². The molecule has 0 aliphatic heterocycles. The number of halogens is 3. The maximum Gasteiger partial charge on any atom is 0.437 e. The maximum absolute atomic E-state index is 12.7. The van der Waals surface area contributed by atoms with Crippen molar-refractivity contribution >= 4 is 5.97 Å². The van der Waals surface area contributed by atoms with E-state index in [4.69, 9.17) is 9.52 Å². The first-order valence-corrected chi connectivity index (χ1v) is 5.58. The van der Waals surface area contributed by atoms with Gasteiger partial charge in [0, 0.05) is 13.2 Å². The van der Waals surface area contributed by atoms with E-state index in [0.29, 0.717) is 12.1 Å². The number of hydrogen-bond acceptors (Lipinski definition) is 4. The van der Waals surface area contributed by atoms with Gasteiger partial charge in [-0.25, -0.2) is 9.78 Å². The van der Waals surface area contributed by atoms with Crippen LogP contribution >= 0.6 is 0 Å². The Balaban J connectivity index is 2.62. The summed E-state index contributed by atoms with van der Waals surface area (Å²) in [5, 5.41) is 12.8. The molecule has 108 valence electrons. The molecular formula is C11H10F3N3O3. The second kappa shape index (κ2) is 4.66. The standard InChI is InChI=1S/C11H10F3N3O3/c1-3-6-5(4-17(2)16-6)9-15-8(11(12,13)14)7(20-9)10(18)19/h4H,3H2,1-2H3,(H,18,19). The monoisotopic (exact) mass is 289 g/mol. The Hall–Kier alpha value is -2.32. The van der Waals surface area contributed by atoms with Gasteiger partial charge in [-0.15, -0.1) is 0 Å². The molecule has 0 radical (unpaired) electrons. The number of nitrogens with zero attached hydrogens (tertiary/aromatic N) is 3. The van der Waals surface area contributed by atoms with E-state index in [1.54, 1.807) is 14.0 Å². The number of aromatic carboxylic acids is 1. The lowest BCUT2D eigenvalue weighted by Crippen LogP contribution is -2.11. The third-order valence-electron chi connectivity index (χ3n) is 2.56. The smallest absolute Gasteiger partial charge is 0.437 e. The Morgan fingerprint density at radius 2 is 2.15 bits per heavy atom. The van der Waals surface area contributed by atoms with Crippen molar-refractivity contribution in [3.05, 3.63) is 23.3 Å². The second-order valence-electron chi connectivity index (χ2n) is 4.02. The molecule has 0 atom stereocenters. The fourth-order valence-electron chi connectivity index (χ4n) is 1.75. The Kier molecular flexibility index (Phi) is 3.28. The molecule has 0 amide bonds. The summed E-state index contributed by atoms with van der Waals surface area (Å²) in [5.74, 6) is -3.45. The minimum Gasteiger partial charge on any atom is -0.475 e. The fourth-order valence-corrected chi connectivity index (χ4v) is 1.75. The van der Waals surface area contributed by atoms with Crippen molar-refractivity contribution in [3.63, 3.8) is 0 Å². The minimum absolute atomic E-state index is 0.244. The summed E-state index contributed by atoms with van der Waals surface area (Å²) in [6.07, 6.45) is -3.02. The van der Waals surface area contributed by atoms with Gasteiger partial charge in [0.05, 0.1) is 11.3 Å². The van der Waals surface area contributed by atoms with Crippen molar-refractivity contribution in [3.8, 4) is 11.5 Å². The van der Waals surface area contributed by atoms with Gasteiger partial charge < -0.3 is 9.52 Å². The zero-order chi connectivity index (χ0) is 15.1. The van der Waals surface area contributed by atoms with Gasteiger partial charge in [0.1, 0.15) is 0 Å². The van der Waals surface area contributed by atoms with Crippen molar-refractivity contribution < 1.29 is 27.5 Å². The first-order valence-electron chi connectivity index (χ1n) is 5.58. The highest BCUT2D eigenvalue weighted by Crippen LogP contribution is 2.35. The van der Waals surface area contributed by atoms with Crippen LogP contribution in [0.4, 0.5) is 13.2 Å². The summed E-state index contributed by atoms with van der Waals surface area (Å²) in [6, 6.07) is 0. The Morgan fingerprint density at radius 1 is 1.50 bits per heavy atom. The highest BCUT2D eigenvalue weighted by Gasteiger charge is 2.41. The minimum atomic E-state index is -4.90. The van der Waals surface area contributed by atoms with Gasteiger partial charge in [-0.2, -0.15) is 18.3 Å². The molecule has 0 unspecified atom stereocenters. The number of aryl methyl sites for hydroxylation is 2. The summed E-state index contributed by atoms with van der Waals surface area (Å²) in [6.45, 7) is 1.76. The van der Waals surface area contributed by atoms with Gasteiger partial charge in [-0.3, -0.25) is 4.68 Å². The van der Waals surface area contributed by atoms with Crippen LogP contribution in [0.25, 0.3) is 11.5 Å². The van der Waals surface area contributed by atoms with Crippen molar-refractivity contribution in [1.29, 1.82) is 0 Å². The lowest BCUT2D eigenvalue weighted by Gasteiger charge is -2.00. The number of carboxylic acid groups (broad SMARTS) is 1. The topological polar surface area (TPSA) is 81.2 Å². The zero-order valence-electron chi connectivity index (χ0n) is 10.5. The molecule has 1 N–H and O–H groups in total. The van der Waals surface area contributed by atoms with Crippen molar-refractivity contribution in [1.82, 2.24) is 14.8 Å².